The minimum atomic E-state index is 0.173. The Kier molecular flexibility index (Phi) is 13.8. The first-order valence-electron chi connectivity index (χ1n) is 16.7. The summed E-state index contributed by atoms with van der Waals surface area (Å²) < 4.78 is 2.54. The highest BCUT2D eigenvalue weighted by Gasteiger charge is 2.41. The second-order valence-corrected chi connectivity index (χ2v) is 11.8. The van der Waals surface area contributed by atoms with Crippen molar-refractivity contribution in [1.82, 2.24) is 0 Å². The fourth-order valence-corrected chi connectivity index (χ4v) is 6.20. The zero-order chi connectivity index (χ0) is 28.4. The van der Waals surface area contributed by atoms with Gasteiger partial charge in [0.25, 0.3) is 5.84 Å². The highest BCUT2D eigenvalue weighted by atomic mass is 15.4. The van der Waals surface area contributed by atoms with Gasteiger partial charge in [0, 0.05) is 12.1 Å². The van der Waals surface area contributed by atoms with E-state index >= 15 is 0 Å². The molecule has 1 N–H and O–H groups in total. The van der Waals surface area contributed by atoms with Crippen LogP contribution in [0.3, 0.4) is 0 Å². The lowest BCUT2D eigenvalue weighted by molar-refractivity contribution is -0.433. The number of benzene rings is 3. The number of hydrogen-bond acceptors (Lipinski definition) is 2. The van der Waals surface area contributed by atoms with Crippen LogP contribution in [0.25, 0.3) is 0 Å². The molecule has 0 aliphatic carbocycles. The van der Waals surface area contributed by atoms with Gasteiger partial charge in [0.05, 0.1) is 0 Å². The van der Waals surface area contributed by atoms with Crippen LogP contribution in [-0.2, 0) is 0 Å². The molecule has 1 heterocycles. The van der Waals surface area contributed by atoms with E-state index in [-0.39, 0.29) is 6.17 Å². The normalized spacial score (nSPS) is 15.0. The highest BCUT2D eigenvalue weighted by molar-refractivity contribution is 5.97. The van der Waals surface area contributed by atoms with E-state index < -0.39 is 0 Å². The molecule has 0 spiro atoms. The fourth-order valence-electron chi connectivity index (χ4n) is 6.20. The van der Waals surface area contributed by atoms with Crippen molar-refractivity contribution < 1.29 is 4.58 Å². The fraction of sp³-hybridized carbons (Fsp3) is 0.500. The Morgan fingerprint density at radius 3 is 1.59 bits per heavy atom. The molecule has 3 heteroatoms. The topological polar surface area (TPSA) is 18.3 Å². The predicted octanol–water partition coefficient (Wildman–Crippen LogP) is 10.9. The second kappa shape index (κ2) is 18.4. The molecule has 0 saturated heterocycles. The van der Waals surface area contributed by atoms with Gasteiger partial charge in [-0.1, -0.05) is 151 Å². The van der Waals surface area contributed by atoms with E-state index in [1.165, 1.54) is 119 Å². The predicted molar refractivity (Wildman–Crippen MR) is 179 cm³/mol. The van der Waals surface area contributed by atoms with E-state index in [9.17, 15) is 0 Å². The van der Waals surface area contributed by atoms with Gasteiger partial charge in [0.1, 0.15) is 11.4 Å². The van der Waals surface area contributed by atoms with Gasteiger partial charge in [-0.2, -0.15) is 0 Å². The molecule has 1 aliphatic rings. The van der Waals surface area contributed by atoms with Gasteiger partial charge in [-0.25, -0.2) is 9.48 Å². The summed E-state index contributed by atoms with van der Waals surface area (Å²) in [7, 11) is 0. The monoisotopic (exact) mass is 552 g/mol. The van der Waals surface area contributed by atoms with Crippen LogP contribution in [-0.4, -0.2) is 23.1 Å². The largest absolute Gasteiger partial charge is 0.344 e. The van der Waals surface area contributed by atoms with Crippen LogP contribution >= 0.6 is 0 Å². The summed E-state index contributed by atoms with van der Waals surface area (Å²) in [5.74, 6) is 1.41. The van der Waals surface area contributed by atoms with Crippen molar-refractivity contribution in [3.63, 3.8) is 0 Å². The van der Waals surface area contributed by atoms with Gasteiger partial charge in [0.15, 0.2) is 6.54 Å². The minimum Gasteiger partial charge on any atom is -0.344 e. The first-order valence-corrected chi connectivity index (χ1v) is 16.7. The number of nitrogens with zero attached hydrogens (tertiary/aromatic N) is 2. The van der Waals surface area contributed by atoms with Crippen molar-refractivity contribution >= 4 is 22.9 Å². The molecule has 3 aromatic rings. The summed E-state index contributed by atoms with van der Waals surface area (Å²) in [6.45, 7) is 3.22. The van der Waals surface area contributed by atoms with E-state index in [2.05, 4.69) is 113 Å². The van der Waals surface area contributed by atoms with Gasteiger partial charge in [-0.05, 0) is 42.8 Å². The molecule has 0 bridgehead atoms. The summed E-state index contributed by atoms with van der Waals surface area (Å²) >= 11 is 0. The van der Waals surface area contributed by atoms with Crippen molar-refractivity contribution in [2.75, 3.05) is 16.8 Å². The van der Waals surface area contributed by atoms with E-state index in [1.807, 2.05) is 0 Å². The van der Waals surface area contributed by atoms with Crippen LogP contribution in [0.1, 0.15) is 110 Å². The zero-order valence-corrected chi connectivity index (χ0v) is 25.7. The molecule has 41 heavy (non-hydrogen) atoms. The second-order valence-electron chi connectivity index (χ2n) is 11.8. The molecular weight excluding hydrogens is 498 g/mol. The van der Waals surface area contributed by atoms with Crippen LogP contribution in [0.4, 0.5) is 17.1 Å². The molecule has 3 aromatic carbocycles. The summed E-state index contributed by atoms with van der Waals surface area (Å²) in [6.07, 6.45) is 22.2. The molecule has 0 fully saturated rings. The van der Waals surface area contributed by atoms with Gasteiger partial charge in [-0.3, -0.25) is 0 Å². The lowest BCUT2D eigenvalue weighted by atomic mass is 10.0. The SMILES string of the molecule is CCCCCCCCCCCCCCCCCC1=[N+](c2ccccc2)CC(Nc2ccccc2)N1c1ccccc1. The first kappa shape index (κ1) is 30.9. The average molecular weight is 553 g/mol. The summed E-state index contributed by atoms with van der Waals surface area (Å²) in [5, 5.41) is 3.84. The molecule has 1 aliphatic heterocycles. The molecule has 220 valence electrons. The van der Waals surface area contributed by atoms with Crippen molar-refractivity contribution in [1.29, 1.82) is 0 Å². The Balaban J connectivity index is 1.27. The van der Waals surface area contributed by atoms with Crippen molar-refractivity contribution in [2.45, 2.75) is 116 Å². The van der Waals surface area contributed by atoms with Crippen LogP contribution < -0.4 is 10.2 Å². The number of amidine groups is 1. The van der Waals surface area contributed by atoms with Gasteiger partial charge in [0.2, 0.25) is 6.17 Å². The Labute approximate surface area is 250 Å². The molecule has 3 nitrogen and oxygen atoms in total. The van der Waals surface area contributed by atoms with E-state index in [0.717, 1.165) is 13.0 Å². The number of nitrogens with one attached hydrogen (secondary N) is 1. The van der Waals surface area contributed by atoms with E-state index in [0.29, 0.717) is 0 Å². The lowest BCUT2D eigenvalue weighted by Crippen LogP contribution is -2.42. The number of hydrogen-bond donors (Lipinski definition) is 1. The molecule has 0 saturated carbocycles. The van der Waals surface area contributed by atoms with Crippen molar-refractivity contribution in [3.8, 4) is 0 Å². The summed E-state index contributed by atoms with van der Waals surface area (Å²) in [4.78, 5) is 2.55. The number of anilines is 2. The van der Waals surface area contributed by atoms with Crippen molar-refractivity contribution in [2.24, 2.45) is 0 Å². The third-order valence-corrected chi connectivity index (χ3v) is 8.47. The molecular formula is C38H54N3+. The number of unbranched alkanes of at least 4 members (excludes halogenated alkanes) is 14. The molecule has 1 unspecified atom stereocenters. The van der Waals surface area contributed by atoms with Crippen LogP contribution in [0.15, 0.2) is 91.0 Å². The third kappa shape index (κ3) is 10.4. The van der Waals surface area contributed by atoms with Gasteiger partial charge >= 0.3 is 0 Å². The maximum absolute atomic E-state index is 3.84. The third-order valence-electron chi connectivity index (χ3n) is 8.47. The molecule has 0 amide bonds. The Morgan fingerprint density at radius 1 is 0.585 bits per heavy atom. The average Bonchev–Trinajstić information content (AvgIpc) is 3.38. The van der Waals surface area contributed by atoms with Crippen LogP contribution in [0.5, 0.6) is 0 Å². The van der Waals surface area contributed by atoms with Crippen LogP contribution in [0, 0.1) is 0 Å². The number of para-hydroxylation sites is 3. The van der Waals surface area contributed by atoms with E-state index in [1.54, 1.807) is 0 Å². The van der Waals surface area contributed by atoms with Crippen molar-refractivity contribution in [3.05, 3.63) is 91.0 Å². The maximum Gasteiger partial charge on any atom is 0.259 e. The lowest BCUT2D eigenvalue weighted by Gasteiger charge is -2.22. The molecule has 1 atom stereocenters. The van der Waals surface area contributed by atoms with Gasteiger partial charge in [-0.15, -0.1) is 0 Å². The van der Waals surface area contributed by atoms with Crippen LogP contribution in [0.2, 0.25) is 0 Å². The van der Waals surface area contributed by atoms with Gasteiger partial charge < -0.3 is 5.32 Å². The number of rotatable bonds is 20. The summed E-state index contributed by atoms with van der Waals surface area (Å²) in [5.41, 5.74) is 3.71. The molecule has 4 rings (SSSR count). The highest BCUT2D eigenvalue weighted by Crippen LogP contribution is 2.29. The maximum atomic E-state index is 3.84. The quantitative estimate of drug-likeness (QED) is 0.111. The summed E-state index contributed by atoms with van der Waals surface area (Å²) in [6, 6.07) is 32.5. The smallest absolute Gasteiger partial charge is 0.259 e. The van der Waals surface area contributed by atoms with E-state index in [4.69, 9.17) is 0 Å². The zero-order valence-electron chi connectivity index (χ0n) is 25.7. The molecule has 0 aromatic heterocycles. The molecule has 0 radical (unpaired) electrons. The minimum absolute atomic E-state index is 0.173. The Bertz CT molecular complexity index is 1110. The Morgan fingerprint density at radius 2 is 1.05 bits per heavy atom. The standard InChI is InChI=1S/C38H54N3/c1-2-3-4-5-6-7-8-9-10-11-12-13-14-15-25-32-38-40(35-28-21-17-22-29-35)33-37(39-34-26-19-16-20-27-34)41(38)36-30-23-18-24-31-36/h16-24,26-31,37,39H,2-15,25,32-33H2,1H3/q+1. The Hall–Kier alpha value is -3.07. The first-order chi connectivity index (χ1) is 20.4.